The van der Waals surface area contributed by atoms with E-state index in [1.807, 2.05) is 30.3 Å². The van der Waals surface area contributed by atoms with Crippen LogP contribution in [0.3, 0.4) is 0 Å². The number of fused-ring (bicyclic) bond motifs is 1. The first-order chi connectivity index (χ1) is 10.1. The van der Waals surface area contributed by atoms with Gasteiger partial charge in [-0.1, -0.05) is 27.7 Å². The zero-order valence-electron chi connectivity index (χ0n) is 11.3. The Balaban J connectivity index is 1.99. The molecule has 1 aromatic heterocycles. The molecule has 1 heterocycles. The van der Waals surface area contributed by atoms with Crippen molar-refractivity contribution in [2.75, 3.05) is 0 Å². The van der Waals surface area contributed by atoms with Gasteiger partial charge in [-0.3, -0.25) is 0 Å². The summed E-state index contributed by atoms with van der Waals surface area (Å²) >= 11 is 4.81. The van der Waals surface area contributed by atoms with Crippen molar-refractivity contribution in [2.24, 2.45) is 0 Å². The fourth-order valence-corrected chi connectivity index (χ4v) is 3.63. The van der Waals surface area contributed by atoms with Gasteiger partial charge in [-0.05, 0) is 61.6 Å². The zero-order valence-corrected chi connectivity index (χ0v) is 13.7. The van der Waals surface area contributed by atoms with E-state index in [4.69, 9.17) is 0 Å². The molecule has 0 spiro atoms. The van der Waals surface area contributed by atoms with E-state index < -0.39 is 5.97 Å². The van der Waals surface area contributed by atoms with Gasteiger partial charge in [-0.2, -0.15) is 0 Å². The van der Waals surface area contributed by atoms with E-state index in [2.05, 4.69) is 20.9 Å². The average Bonchev–Trinajstić information content (AvgIpc) is 2.48. The van der Waals surface area contributed by atoms with Crippen molar-refractivity contribution in [3.05, 3.63) is 51.6 Å². The van der Waals surface area contributed by atoms with Crippen LogP contribution in [0.5, 0.6) is 0 Å². The maximum Gasteiger partial charge on any atom is 0.338 e. The van der Waals surface area contributed by atoms with Crippen LogP contribution in [-0.2, 0) is 12.8 Å². The molecular formula is C16H14BrNO2S. The lowest BCUT2D eigenvalue weighted by molar-refractivity contribution is 0.0692. The molecule has 0 fully saturated rings. The predicted molar refractivity (Wildman–Crippen MR) is 86.1 cm³/mol. The third kappa shape index (κ3) is 3.30. The van der Waals surface area contributed by atoms with Crippen molar-refractivity contribution in [1.29, 1.82) is 0 Å². The topological polar surface area (TPSA) is 50.2 Å². The van der Waals surface area contributed by atoms with Crippen LogP contribution in [0.15, 0.2) is 44.7 Å². The zero-order chi connectivity index (χ0) is 14.8. The standard InChI is InChI=1S/C16H14BrNO2S/c17-11-5-7-12(8-6-11)21-15-13(16(19)20)9-10-3-1-2-4-14(10)18-15/h5-9H,1-4H2,(H,19,20). The van der Waals surface area contributed by atoms with E-state index in [1.165, 1.54) is 11.8 Å². The van der Waals surface area contributed by atoms with E-state index in [1.54, 1.807) is 0 Å². The van der Waals surface area contributed by atoms with Gasteiger partial charge in [0.15, 0.2) is 0 Å². The summed E-state index contributed by atoms with van der Waals surface area (Å²) in [7, 11) is 0. The molecule has 5 heteroatoms. The summed E-state index contributed by atoms with van der Waals surface area (Å²) in [5, 5.41) is 10.0. The fourth-order valence-electron chi connectivity index (χ4n) is 2.46. The van der Waals surface area contributed by atoms with E-state index in [0.29, 0.717) is 10.6 Å². The summed E-state index contributed by atoms with van der Waals surface area (Å²) in [6.07, 6.45) is 4.14. The second-order valence-electron chi connectivity index (χ2n) is 5.02. The van der Waals surface area contributed by atoms with Gasteiger partial charge in [0, 0.05) is 15.1 Å². The molecule has 0 saturated carbocycles. The maximum absolute atomic E-state index is 11.5. The number of aromatic nitrogens is 1. The van der Waals surface area contributed by atoms with Gasteiger partial charge in [0.05, 0.1) is 5.56 Å². The van der Waals surface area contributed by atoms with Crippen LogP contribution in [0, 0.1) is 0 Å². The van der Waals surface area contributed by atoms with Crippen LogP contribution in [0.1, 0.15) is 34.5 Å². The van der Waals surface area contributed by atoms with Crippen LogP contribution in [0.25, 0.3) is 0 Å². The molecule has 0 bridgehead atoms. The number of nitrogens with zero attached hydrogens (tertiary/aromatic N) is 1. The monoisotopic (exact) mass is 363 g/mol. The van der Waals surface area contributed by atoms with Gasteiger partial charge in [0.25, 0.3) is 0 Å². The van der Waals surface area contributed by atoms with Crippen LogP contribution < -0.4 is 0 Å². The molecule has 0 saturated heterocycles. The minimum absolute atomic E-state index is 0.309. The second kappa shape index (κ2) is 6.20. The number of benzene rings is 1. The smallest absolute Gasteiger partial charge is 0.338 e. The summed E-state index contributed by atoms with van der Waals surface area (Å²) < 4.78 is 1.00. The third-order valence-corrected chi connectivity index (χ3v) is 5.07. The Bertz CT molecular complexity index is 685. The third-order valence-electron chi connectivity index (χ3n) is 3.52. The van der Waals surface area contributed by atoms with Gasteiger partial charge in [0.1, 0.15) is 5.03 Å². The number of rotatable bonds is 3. The van der Waals surface area contributed by atoms with Gasteiger partial charge in [-0.15, -0.1) is 0 Å². The van der Waals surface area contributed by atoms with Crippen molar-refractivity contribution in [3.63, 3.8) is 0 Å². The molecule has 0 radical (unpaired) electrons. The molecule has 0 unspecified atom stereocenters. The summed E-state index contributed by atoms with van der Waals surface area (Å²) in [6, 6.07) is 9.62. The molecule has 3 nitrogen and oxygen atoms in total. The highest BCUT2D eigenvalue weighted by molar-refractivity contribution is 9.10. The van der Waals surface area contributed by atoms with Crippen LogP contribution in [0.4, 0.5) is 0 Å². The van der Waals surface area contributed by atoms with Gasteiger partial charge < -0.3 is 5.11 Å². The number of hydrogen-bond acceptors (Lipinski definition) is 3. The Morgan fingerprint density at radius 1 is 1.19 bits per heavy atom. The quantitative estimate of drug-likeness (QED) is 0.867. The number of halogens is 1. The number of aryl methyl sites for hydroxylation is 2. The van der Waals surface area contributed by atoms with Crippen molar-refractivity contribution < 1.29 is 9.90 Å². The number of carboxylic acid groups (broad SMARTS) is 1. The average molecular weight is 364 g/mol. The number of carbonyl (C=O) groups is 1. The molecule has 0 amide bonds. The highest BCUT2D eigenvalue weighted by atomic mass is 79.9. The molecule has 21 heavy (non-hydrogen) atoms. The van der Waals surface area contributed by atoms with Crippen LogP contribution in [-0.4, -0.2) is 16.1 Å². The molecule has 0 aliphatic heterocycles. The minimum atomic E-state index is -0.907. The lowest BCUT2D eigenvalue weighted by atomic mass is 9.95. The van der Waals surface area contributed by atoms with E-state index in [-0.39, 0.29) is 0 Å². The largest absolute Gasteiger partial charge is 0.478 e. The first-order valence-corrected chi connectivity index (χ1v) is 8.44. The lowest BCUT2D eigenvalue weighted by Gasteiger charge is -2.17. The highest BCUT2D eigenvalue weighted by Gasteiger charge is 2.19. The summed E-state index contributed by atoms with van der Waals surface area (Å²) in [6.45, 7) is 0. The van der Waals surface area contributed by atoms with E-state index in [9.17, 15) is 9.90 Å². The molecule has 1 aromatic carbocycles. The number of carboxylic acids is 1. The Morgan fingerprint density at radius 3 is 2.62 bits per heavy atom. The number of hydrogen-bond donors (Lipinski definition) is 1. The molecule has 3 rings (SSSR count). The molecule has 1 aliphatic rings. The molecule has 1 N–H and O–H groups in total. The highest BCUT2D eigenvalue weighted by Crippen LogP contribution is 2.32. The molecule has 1 aliphatic carbocycles. The summed E-state index contributed by atoms with van der Waals surface area (Å²) in [5.41, 5.74) is 2.47. The van der Waals surface area contributed by atoms with Crippen molar-refractivity contribution >= 4 is 33.7 Å². The number of aromatic carboxylic acids is 1. The Labute approximate surface area is 135 Å². The molecular weight excluding hydrogens is 350 g/mol. The van der Waals surface area contributed by atoms with Crippen molar-refractivity contribution in [2.45, 2.75) is 35.6 Å². The summed E-state index contributed by atoms with van der Waals surface area (Å²) in [5.74, 6) is -0.907. The van der Waals surface area contributed by atoms with Crippen molar-refractivity contribution in [3.8, 4) is 0 Å². The lowest BCUT2D eigenvalue weighted by Crippen LogP contribution is -2.10. The fraction of sp³-hybridized carbons (Fsp3) is 0.250. The molecule has 108 valence electrons. The van der Waals surface area contributed by atoms with E-state index >= 15 is 0 Å². The normalized spacial score (nSPS) is 13.8. The Kier molecular flexibility index (Phi) is 4.31. The maximum atomic E-state index is 11.5. The Morgan fingerprint density at radius 2 is 1.90 bits per heavy atom. The van der Waals surface area contributed by atoms with Crippen LogP contribution in [0.2, 0.25) is 0 Å². The first-order valence-electron chi connectivity index (χ1n) is 6.83. The Hall–Kier alpha value is -1.33. The van der Waals surface area contributed by atoms with Gasteiger partial charge in [-0.25, -0.2) is 9.78 Å². The SMILES string of the molecule is O=C(O)c1cc2c(nc1Sc1ccc(Br)cc1)CCCC2. The molecule has 0 atom stereocenters. The van der Waals surface area contributed by atoms with Gasteiger partial charge in [0.2, 0.25) is 0 Å². The summed E-state index contributed by atoms with van der Waals surface area (Å²) in [4.78, 5) is 17.1. The minimum Gasteiger partial charge on any atom is -0.478 e. The van der Waals surface area contributed by atoms with E-state index in [0.717, 1.165) is 46.3 Å². The van der Waals surface area contributed by atoms with Gasteiger partial charge >= 0.3 is 5.97 Å². The predicted octanol–water partition coefficient (Wildman–Crippen LogP) is 4.57. The van der Waals surface area contributed by atoms with Crippen LogP contribution >= 0.6 is 27.7 Å². The molecule has 2 aromatic rings. The second-order valence-corrected chi connectivity index (χ2v) is 6.99. The first kappa shape index (κ1) is 14.6. The van der Waals surface area contributed by atoms with Crippen molar-refractivity contribution in [1.82, 2.24) is 4.98 Å². The number of pyridine rings is 1.